The molecule has 2 aliphatic rings. The van der Waals surface area contributed by atoms with Gasteiger partial charge in [-0.2, -0.15) is 0 Å². The number of nitrogens with one attached hydrogen (secondary N) is 1. The lowest BCUT2D eigenvalue weighted by Gasteiger charge is -2.24. The minimum atomic E-state index is 0. The quantitative estimate of drug-likeness (QED) is 0.0705. The summed E-state index contributed by atoms with van der Waals surface area (Å²) < 4.78 is 28.7. The molecule has 0 aliphatic carbocycles. The number of imidazole rings is 2. The molecule has 2 aliphatic heterocycles. The van der Waals surface area contributed by atoms with Gasteiger partial charge in [0.05, 0.1) is 42.4 Å². The van der Waals surface area contributed by atoms with Gasteiger partial charge in [-0.3, -0.25) is 0 Å². The number of halogens is 2. The van der Waals surface area contributed by atoms with E-state index in [2.05, 4.69) is 53.4 Å². The number of hydrogen-bond acceptors (Lipinski definition) is 8. The molecular formula is C32H40Cl2N8O4. The zero-order chi connectivity index (χ0) is 30.1. The average Bonchev–Trinajstić information content (AvgIpc) is 3.87. The molecule has 2 aromatic heterocycles. The Morgan fingerprint density at radius 3 is 2.02 bits per heavy atom. The van der Waals surface area contributed by atoms with Crippen LogP contribution in [0.5, 0.6) is 0 Å². The molecule has 14 heteroatoms. The number of benzene rings is 2. The maximum atomic E-state index is 6.28. The number of anilines is 4. The fourth-order valence-corrected chi connectivity index (χ4v) is 5.45. The topological polar surface area (TPSA) is 124 Å². The van der Waals surface area contributed by atoms with Gasteiger partial charge >= 0.3 is 0 Å². The first-order valence-electron chi connectivity index (χ1n) is 14.9. The summed E-state index contributed by atoms with van der Waals surface area (Å²) in [5.74, 6) is 2.53. The molecule has 0 radical (unpaired) electrons. The molecule has 0 fully saturated rings. The van der Waals surface area contributed by atoms with E-state index in [9.17, 15) is 0 Å². The van der Waals surface area contributed by atoms with Crippen LogP contribution in [-0.4, -0.2) is 36.2 Å². The van der Waals surface area contributed by atoms with Crippen molar-refractivity contribution >= 4 is 22.7 Å². The van der Waals surface area contributed by atoms with Gasteiger partial charge in [-0.1, -0.05) is 24.3 Å². The molecule has 0 saturated carbocycles. The van der Waals surface area contributed by atoms with E-state index >= 15 is 0 Å². The molecule has 4 aromatic rings. The van der Waals surface area contributed by atoms with Crippen molar-refractivity contribution < 1.29 is 52.9 Å². The highest BCUT2D eigenvalue weighted by atomic mass is 35.5. The fourth-order valence-electron chi connectivity index (χ4n) is 5.45. The van der Waals surface area contributed by atoms with Crippen LogP contribution < -0.4 is 55.2 Å². The maximum absolute atomic E-state index is 6.28. The van der Waals surface area contributed by atoms with E-state index in [4.69, 9.17) is 30.4 Å². The second-order valence-corrected chi connectivity index (χ2v) is 10.6. The molecular weight excluding hydrogens is 631 g/mol. The molecule has 0 amide bonds. The number of aromatic amines is 1. The Hall–Kier alpha value is -4.68. The van der Waals surface area contributed by atoms with Crippen LogP contribution in [0.2, 0.25) is 0 Å². The number of ether oxygens (including phenoxy) is 4. The summed E-state index contributed by atoms with van der Waals surface area (Å²) in [6, 6.07) is 15.6. The van der Waals surface area contributed by atoms with Gasteiger partial charge in [0.15, 0.2) is 0 Å². The predicted octanol–water partition coefficient (Wildman–Crippen LogP) is -2.79. The van der Waals surface area contributed by atoms with E-state index < -0.39 is 0 Å². The summed E-state index contributed by atoms with van der Waals surface area (Å²) in [7, 11) is 0. The fraction of sp³-hybridized carbons (Fsp3) is 0.312. The van der Waals surface area contributed by atoms with Gasteiger partial charge in [0, 0.05) is 6.42 Å². The largest absolute Gasteiger partial charge is 1.00 e. The monoisotopic (exact) mass is 670 g/mol. The number of rotatable bonds is 15. The number of aromatic nitrogens is 4. The van der Waals surface area contributed by atoms with Crippen LogP contribution in [0.3, 0.4) is 0 Å². The van der Waals surface area contributed by atoms with Crippen LogP contribution in [0.25, 0.3) is 0 Å². The van der Waals surface area contributed by atoms with Crippen molar-refractivity contribution in [3.63, 3.8) is 0 Å². The molecule has 6 rings (SSSR count). The van der Waals surface area contributed by atoms with Crippen molar-refractivity contribution in [3.8, 4) is 0 Å². The van der Waals surface area contributed by atoms with Crippen molar-refractivity contribution in [2.45, 2.75) is 38.9 Å². The first kappa shape index (κ1) is 34.2. The molecule has 2 aromatic carbocycles. The van der Waals surface area contributed by atoms with E-state index in [1.807, 2.05) is 54.7 Å². The summed E-state index contributed by atoms with van der Waals surface area (Å²) in [5.41, 5.74) is 15.7. The Kier molecular flexibility index (Phi) is 12.3. The summed E-state index contributed by atoms with van der Waals surface area (Å²) in [5, 5.41) is 0. The molecule has 12 nitrogen and oxygen atoms in total. The zero-order valence-corrected chi connectivity index (χ0v) is 27.0. The molecule has 246 valence electrons. The van der Waals surface area contributed by atoms with E-state index in [0.717, 1.165) is 50.3 Å². The SMILES string of the molecule is Nc1ccccc1N(CCn1cc[n+](CCCCc2[nH]cc[n+]2CCN(C2=COCO2)c2ccccc2N)c1)C1=COCO1.[Cl-].[Cl-]. The predicted molar refractivity (Wildman–Crippen MR) is 165 cm³/mol. The number of hydrogen-bond donors (Lipinski definition) is 3. The Bertz CT molecular complexity index is 1610. The first-order valence-corrected chi connectivity index (χ1v) is 14.9. The number of nitrogens with zero attached hydrogens (tertiary/aromatic N) is 5. The maximum Gasteiger partial charge on any atom is 0.254 e. The van der Waals surface area contributed by atoms with Crippen LogP contribution in [0.4, 0.5) is 22.7 Å². The molecule has 0 unspecified atom stereocenters. The Labute approximate surface area is 281 Å². The van der Waals surface area contributed by atoms with E-state index in [0.29, 0.717) is 36.2 Å². The van der Waals surface area contributed by atoms with Crippen LogP contribution in [0.1, 0.15) is 18.7 Å². The van der Waals surface area contributed by atoms with Gasteiger partial charge in [0.1, 0.15) is 50.4 Å². The number of para-hydroxylation sites is 4. The van der Waals surface area contributed by atoms with Gasteiger partial charge < -0.3 is 65.0 Å². The van der Waals surface area contributed by atoms with E-state index in [-0.39, 0.29) is 38.4 Å². The summed E-state index contributed by atoms with van der Waals surface area (Å²) in [4.78, 5) is 7.54. The molecule has 46 heavy (non-hydrogen) atoms. The standard InChI is InChI=1S/C32H39N8O4.2ClH/c33-26-7-1-3-9-28(26)39(31-21-41-24-43-31)19-17-37-16-15-36(23-37)13-6-5-11-30-35-12-14-38(30)18-20-40(32-22-42-25-44-32)29-10-4-2-8-27(29)34;;/h1-4,7-10,12,14-16,21-23H,5-6,11,13,17-20,24-25,33-34H2;2*1H/q+1;;/p-1. The second-order valence-electron chi connectivity index (χ2n) is 10.6. The third kappa shape index (κ3) is 8.32. The third-order valence-corrected chi connectivity index (χ3v) is 7.73. The first-order chi connectivity index (χ1) is 21.7. The van der Waals surface area contributed by atoms with Crippen molar-refractivity contribution in [3.05, 3.63) is 110 Å². The minimum absolute atomic E-state index is 0. The number of nitrogens with two attached hydrogens (primary N) is 2. The van der Waals surface area contributed by atoms with Crippen molar-refractivity contribution in [1.82, 2.24) is 9.55 Å². The summed E-state index contributed by atoms with van der Waals surface area (Å²) in [6.45, 7) is 4.29. The highest BCUT2D eigenvalue weighted by Crippen LogP contribution is 2.29. The molecule has 4 heterocycles. The highest BCUT2D eigenvalue weighted by Gasteiger charge is 2.23. The minimum Gasteiger partial charge on any atom is -1.00 e. The zero-order valence-electron chi connectivity index (χ0n) is 25.5. The number of aryl methyl sites for hydroxylation is 2. The average molecular weight is 672 g/mol. The van der Waals surface area contributed by atoms with Crippen LogP contribution in [0.15, 0.2) is 104 Å². The Morgan fingerprint density at radius 1 is 0.783 bits per heavy atom. The molecule has 0 atom stereocenters. The van der Waals surface area contributed by atoms with Crippen molar-refractivity contribution in [2.24, 2.45) is 0 Å². The number of nitrogen functional groups attached to an aromatic ring is 2. The number of unbranched alkanes of at least 4 members (excludes halogenated alkanes) is 1. The van der Waals surface area contributed by atoms with Crippen LogP contribution >= 0.6 is 0 Å². The van der Waals surface area contributed by atoms with Crippen molar-refractivity contribution in [2.75, 3.05) is 47.9 Å². The lowest BCUT2D eigenvalue weighted by Crippen LogP contribution is -3.00. The Balaban J connectivity index is 0.00000240. The van der Waals surface area contributed by atoms with Gasteiger partial charge in [-0.05, 0) is 37.1 Å². The van der Waals surface area contributed by atoms with E-state index in [1.54, 1.807) is 12.5 Å². The molecule has 5 N–H and O–H groups in total. The Morgan fingerprint density at radius 2 is 1.41 bits per heavy atom. The summed E-state index contributed by atoms with van der Waals surface area (Å²) in [6.07, 6.45) is 16.8. The molecule has 0 spiro atoms. The van der Waals surface area contributed by atoms with Gasteiger partial charge in [-0.25, -0.2) is 18.7 Å². The smallest absolute Gasteiger partial charge is 0.254 e. The summed E-state index contributed by atoms with van der Waals surface area (Å²) >= 11 is 0. The third-order valence-electron chi connectivity index (χ3n) is 7.73. The van der Waals surface area contributed by atoms with E-state index in [1.165, 1.54) is 5.82 Å². The second kappa shape index (κ2) is 16.6. The van der Waals surface area contributed by atoms with Crippen LogP contribution in [0, 0.1) is 0 Å². The highest BCUT2D eigenvalue weighted by molar-refractivity contribution is 5.70. The van der Waals surface area contributed by atoms with Gasteiger partial charge in [0.2, 0.25) is 31.7 Å². The molecule has 0 bridgehead atoms. The number of H-pyrrole nitrogens is 1. The van der Waals surface area contributed by atoms with Crippen molar-refractivity contribution in [1.29, 1.82) is 0 Å². The lowest BCUT2D eigenvalue weighted by molar-refractivity contribution is -0.701. The van der Waals surface area contributed by atoms with Gasteiger partial charge in [0.25, 0.3) is 5.82 Å². The lowest BCUT2D eigenvalue weighted by atomic mass is 10.2. The van der Waals surface area contributed by atoms with Gasteiger partial charge in [-0.15, -0.1) is 0 Å². The molecule has 0 saturated heterocycles. The normalized spacial score (nSPS) is 13.2. The van der Waals surface area contributed by atoms with Crippen LogP contribution in [-0.2, 0) is 45.0 Å².